The van der Waals surface area contributed by atoms with E-state index in [1.54, 1.807) is 30.3 Å². The third-order valence-electron chi connectivity index (χ3n) is 4.31. The van der Waals surface area contributed by atoms with Crippen molar-refractivity contribution in [2.45, 2.75) is 6.92 Å². The standard InChI is InChI=1S/C24H20O6/c1-16-6-8-18(9-7-16)24(27)30-20-12-10-17(11-13-20)22(25)15-29-23(26)19-4-3-5-21(14-19)28-2/h3-14H,15H2,1-2H3. The van der Waals surface area contributed by atoms with Crippen molar-refractivity contribution in [2.24, 2.45) is 0 Å². The number of rotatable bonds is 7. The summed E-state index contributed by atoms with van der Waals surface area (Å²) >= 11 is 0. The summed E-state index contributed by atoms with van der Waals surface area (Å²) in [5, 5.41) is 0. The highest BCUT2D eigenvalue weighted by Gasteiger charge is 2.14. The molecule has 0 saturated heterocycles. The van der Waals surface area contributed by atoms with Gasteiger partial charge >= 0.3 is 11.9 Å². The molecule has 152 valence electrons. The summed E-state index contributed by atoms with van der Waals surface area (Å²) in [6.07, 6.45) is 0. The topological polar surface area (TPSA) is 78.9 Å². The first-order valence-corrected chi connectivity index (χ1v) is 9.19. The zero-order chi connectivity index (χ0) is 21.5. The molecule has 0 bridgehead atoms. The summed E-state index contributed by atoms with van der Waals surface area (Å²) in [5.41, 5.74) is 2.11. The van der Waals surface area contributed by atoms with Gasteiger partial charge in [0, 0.05) is 5.56 Å². The number of hydrogen-bond donors (Lipinski definition) is 0. The first-order chi connectivity index (χ1) is 14.5. The van der Waals surface area contributed by atoms with Gasteiger partial charge in [0.05, 0.1) is 18.2 Å². The number of aryl methyl sites for hydroxylation is 1. The molecular weight excluding hydrogens is 384 g/mol. The Hall–Kier alpha value is -3.93. The quantitative estimate of drug-likeness (QED) is 0.333. The van der Waals surface area contributed by atoms with Crippen molar-refractivity contribution in [1.29, 1.82) is 0 Å². The van der Waals surface area contributed by atoms with Gasteiger partial charge in [-0.2, -0.15) is 0 Å². The Balaban J connectivity index is 1.56. The van der Waals surface area contributed by atoms with E-state index < -0.39 is 18.5 Å². The SMILES string of the molecule is COc1cccc(C(=O)OCC(=O)c2ccc(OC(=O)c3ccc(C)cc3)cc2)c1. The molecule has 0 saturated carbocycles. The van der Waals surface area contributed by atoms with Gasteiger partial charge in [-0.1, -0.05) is 23.8 Å². The fraction of sp³-hybridized carbons (Fsp3) is 0.125. The monoisotopic (exact) mass is 404 g/mol. The highest BCUT2D eigenvalue weighted by Crippen LogP contribution is 2.16. The van der Waals surface area contributed by atoms with Crippen molar-refractivity contribution >= 4 is 17.7 Å². The summed E-state index contributed by atoms with van der Waals surface area (Å²) in [6.45, 7) is 1.53. The average molecular weight is 404 g/mol. The van der Waals surface area contributed by atoms with E-state index in [-0.39, 0.29) is 5.78 Å². The lowest BCUT2D eigenvalue weighted by Gasteiger charge is -2.07. The maximum atomic E-state index is 12.3. The van der Waals surface area contributed by atoms with Crippen LogP contribution in [0.25, 0.3) is 0 Å². The van der Waals surface area contributed by atoms with Gasteiger partial charge in [0.15, 0.2) is 12.4 Å². The Labute approximate surface area is 174 Å². The lowest BCUT2D eigenvalue weighted by atomic mass is 10.1. The highest BCUT2D eigenvalue weighted by molar-refractivity contribution is 5.99. The van der Waals surface area contributed by atoms with E-state index in [2.05, 4.69) is 0 Å². The Kier molecular flexibility index (Phi) is 6.60. The van der Waals surface area contributed by atoms with Gasteiger partial charge < -0.3 is 14.2 Å². The van der Waals surface area contributed by atoms with E-state index in [9.17, 15) is 14.4 Å². The largest absolute Gasteiger partial charge is 0.497 e. The molecule has 0 spiro atoms. The second-order valence-electron chi connectivity index (χ2n) is 6.51. The molecule has 0 aliphatic carbocycles. The molecule has 0 amide bonds. The average Bonchev–Trinajstić information content (AvgIpc) is 2.78. The summed E-state index contributed by atoms with van der Waals surface area (Å²) in [7, 11) is 1.50. The van der Waals surface area contributed by atoms with Crippen LogP contribution in [0, 0.1) is 6.92 Å². The number of ketones is 1. The van der Waals surface area contributed by atoms with E-state index >= 15 is 0 Å². The number of methoxy groups -OCH3 is 1. The van der Waals surface area contributed by atoms with Gasteiger partial charge in [-0.3, -0.25) is 4.79 Å². The van der Waals surface area contributed by atoms with Gasteiger partial charge in [0.2, 0.25) is 0 Å². The minimum atomic E-state index is -0.620. The summed E-state index contributed by atoms with van der Waals surface area (Å²) in [6, 6.07) is 19.6. The first-order valence-electron chi connectivity index (χ1n) is 9.19. The normalized spacial score (nSPS) is 10.2. The second kappa shape index (κ2) is 9.52. The number of esters is 2. The Morgan fingerprint density at radius 2 is 1.40 bits per heavy atom. The Morgan fingerprint density at radius 3 is 2.07 bits per heavy atom. The molecule has 3 aromatic rings. The molecule has 0 atom stereocenters. The minimum Gasteiger partial charge on any atom is -0.497 e. The van der Waals surface area contributed by atoms with Crippen LogP contribution in [0.1, 0.15) is 36.6 Å². The van der Waals surface area contributed by atoms with E-state index in [0.29, 0.717) is 28.2 Å². The van der Waals surface area contributed by atoms with Crippen molar-refractivity contribution < 1.29 is 28.6 Å². The maximum absolute atomic E-state index is 12.3. The summed E-state index contributed by atoms with van der Waals surface area (Å²) < 4.78 is 15.4. The van der Waals surface area contributed by atoms with Crippen molar-refractivity contribution in [3.63, 3.8) is 0 Å². The first kappa shape index (κ1) is 20.8. The molecule has 0 aliphatic heterocycles. The number of benzene rings is 3. The lowest BCUT2D eigenvalue weighted by Crippen LogP contribution is -2.14. The molecule has 30 heavy (non-hydrogen) atoms. The lowest BCUT2D eigenvalue weighted by molar-refractivity contribution is 0.0474. The van der Waals surface area contributed by atoms with Crippen LogP contribution in [0.2, 0.25) is 0 Å². The van der Waals surface area contributed by atoms with Crippen molar-refractivity contribution in [1.82, 2.24) is 0 Å². The fourth-order valence-electron chi connectivity index (χ4n) is 2.61. The number of ether oxygens (including phenoxy) is 3. The van der Waals surface area contributed by atoms with Crippen LogP contribution in [0.5, 0.6) is 11.5 Å². The smallest absolute Gasteiger partial charge is 0.343 e. The van der Waals surface area contributed by atoms with Gasteiger partial charge in [-0.05, 0) is 61.5 Å². The van der Waals surface area contributed by atoms with Crippen LogP contribution in [-0.4, -0.2) is 31.4 Å². The van der Waals surface area contributed by atoms with Crippen LogP contribution in [0.3, 0.4) is 0 Å². The van der Waals surface area contributed by atoms with Crippen molar-refractivity contribution in [3.8, 4) is 11.5 Å². The second-order valence-corrected chi connectivity index (χ2v) is 6.51. The predicted octanol–water partition coefficient (Wildman–Crippen LogP) is 4.26. The highest BCUT2D eigenvalue weighted by atomic mass is 16.5. The van der Waals surface area contributed by atoms with Gasteiger partial charge in [0.25, 0.3) is 0 Å². The zero-order valence-corrected chi connectivity index (χ0v) is 16.6. The van der Waals surface area contributed by atoms with Crippen LogP contribution in [0.15, 0.2) is 72.8 Å². The van der Waals surface area contributed by atoms with Gasteiger partial charge in [0.1, 0.15) is 11.5 Å². The molecule has 6 nitrogen and oxygen atoms in total. The predicted molar refractivity (Wildman–Crippen MR) is 110 cm³/mol. The summed E-state index contributed by atoms with van der Waals surface area (Å²) in [4.78, 5) is 36.5. The van der Waals surface area contributed by atoms with Gasteiger partial charge in [-0.15, -0.1) is 0 Å². The van der Waals surface area contributed by atoms with E-state index in [4.69, 9.17) is 14.2 Å². The molecule has 6 heteroatoms. The third kappa shape index (κ3) is 5.32. The molecule has 0 aromatic heterocycles. The summed E-state index contributed by atoms with van der Waals surface area (Å²) in [5.74, 6) is -0.646. The molecule has 0 fully saturated rings. The molecule has 0 unspecified atom stereocenters. The van der Waals surface area contributed by atoms with E-state index in [1.807, 2.05) is 19.1 Å². The zero-order valence-electron chi connectivity index (χ0n) is 16.6. The van der Waals surface area contributed by atoms with E-state index in [1.165, 1.54) is 37.4 Å². The van der Waals surface area contributed by atoms with E-state index in [0.717, 1.165) is 5.56 Å². The third-order valence-corrected chi connectivity index (χ3v) is 4.31. The molecular formula is C24H20O6. The Morgan fingerprint density at radius 1 is 0.733 bits per heavy atom. The van der Waals surface area contributed by atoms with Crippen LogP contribution in [0.4, 0.5) is 0 Å². The van der Waals surface area contributed by atoms with Crippen LogP contribution in [-0.2, 0) is 4.74 Å². The molecule has 0 N–H and O–H groups in total. The number of hydrogen-bond acceptors (Lipinski definition) is 6. The number of carbonyl (C=O) groups is 3. The molecule has 3 rings (SSSR count). The Bertz CT molecular complexity index is 1050. The number of Topliss-reactive ketones (excluding diaryl/α,β-unsaturated/α-hetero) is 1. The van der Waals surface area contributed by atoms with Gasteiger partial charge in [-0.25, -0.2) is 9.59 Å². The molecule has 3 aromatic carbocycles. The number of carbonyl (C=O) groups excluding carboxylic acids is 3. The molecule has 0 aliphatic rings. The van der Waals surface area contributed by atoms with Crippen molar-refractivity contribution in [2.75, 3.05) is 13.7 Å². The molecule has 0 radical (unpaired) electrons. The fourth-order valence-corrected chi connectivity index (χ4v) is 2.61. The van der Waals surface area contributed by atoms with Crippen molar-refractivity contribution in [3.05, 3.63) is 95.1 Å². The van der Waals surface area contributed by atoms with Crippen LogP contribution < -0.4 is 9.47 Å². The maximum Gasteiger partial charge on any atom is 0.343 e. The minimum absolute atomic E-state index is 0.292. The van der Waals surface area contributed by atoms with Crippen LogP contribution >= 0.6 is 0 Å². The molecule has 0 heterocycles.